The fraction of sp³-hybridized carbons (Fsp3) is 0.846. The summed E-state index contributed by atoms with van der Waals surface area (Å²) < 4.78 is 5.28. The number of nitrogens with two attached hydrogens (primary N) is 1. The molecule has 1 aliphatic carbocycles. The van der Waals surface area contributed by atoms with Crippen molar-refractivity contribution < 1.29 is 14.7 Å². The largest absolute Gasteiger partial charge is 0.409 e. The van der Waals surface area contributed by atoms with E-state index in [2.05, 4.69) is 5.16 Å². The zero-order valence-corrected chi connectivity index (χ0v) is 11.3. The van der Waals surface area contributed by atoms with Crippen LogP contribution in [0.1, 0.15) is 38.5 Å². The summed E-state index contributed by atoms with van der Waals surface area (Å²) in [6, 6.07) is 0. The van der Waals surface area contributed by atoms with Gasteiger partial charge in [0.25, 0.3) is 0 Å². The molecule has 0 aromatic heterocycles. The molecule has 0 aromatic carbocycles. The molecule has 1 aliphatic heterocycles. The smallest absolute Gasteiger partial charge is 0.236 e. The fourth-order valence-electron chi connectivity index (χ4n) is 3.08. The molecule has 0 aromatic rings. The molecular weight excluding hydrogens is 246 g/mol. The predicted octanol–water partition coefficient (Wildman–Crippen LogP) is 0.932. The predicted molar refractivity (Wildman–Crippen MR) is 70.9 cm³/mol. The van der Waals surface area contributed by atoms with Gasteiger partial charge in [-0.1, -0.05) is 30.8 Å². The summed E-state index contributed by atoms with van der Waals surface area (Å²) in [7, 11) is 0. The van der Waals surface area contributed by atoms with Gasteiger partial charge in [-0.2, -0.15) is 0 Å². The fourth-order valence-corrected chi connectivity index (χ4v) is 3.08. The first-order chi connectivity index (χ1) is 9.20. The Labute approximate surface area is 113 Å². The van der Waals surface area contributed by atoms with Gasteiger partial charge in [-0.25, -0.2) is 0 Å². The van der Waals surface area contributed by atoms with Gasteiger partial charge in [0.1, 0.15) is 5.41 Å². The van der Waals surface area contributed by atoms with Crippen molar-refractivity contribution in [3.8, 4) is 0 Å². The topological polar surface area (TPSA) is 88.2 Å². The van der Waals surface area contributed by atoms with Crippen molar-refractivity contribution in [3.05, 3.63) is 0 Å². The molecule has 6 heteroatoms. The van der Waals surface area contributed by atoms with E-state index < -0.39 is 5.41 Å². The lowest BCUT2D eigenvalue weighted by molar-refractivity contribution is -0.143. The van der Waals surface area contributed by atoms with Gasteiger partial charge in [-0.3, -0.25) is 4.79 Å². The Morgan fingerprint density at radius 1 is 1.16 bits per heavy atom. The summed E-state index contributed by atoms with van der Waals surface area (Å²) in [5.41, 5.74) is 5.08. The second kappa shape index (κ2) is 6.23. The number of hydrogen-bond acceptors (Lipinski definition) is 4. The standard InChI is InChI=1S/C13H23N3O3/c14-11(15-18)13(5-3-1-2-4-6-13)12(17)16-7-9-19-10-8-16/h18H,1-10H2,(H2,14,15). The van der Waals surface area contributed by atoms with Crippen molar-refractivity contribution in [1.82, 2.24) is 4.90 Å². The molecule has 1 amide bonds. The SMILES string of the molecule is NC(=NO)C1(C(=O)N2CCOCC2)CCCCCC1. The first-order valence-electron chi connectivity index (χ1n) is 7.06. The van der Waals surface area contributed by atoms with Gasteiger partial charge in [0.05, 0.1) is 13.2 Å². The first-order valence-corrected chi connectivity index (χ1v) is 7.06. The zero-order valence-electron chi connectivity index (χ0n) is 11.3. The van der Waals surface area contributed by atoms with E-state index in [0.717, 1.165) is 25.7 Å². The Bertz CT molecular complexity index is 343. The molecule has 1 saturated heterocycles. The van der Waals surface area contributed by atoms with Crippen molar-refractivity contribution in [2.45, 2.75) is 38.5 Å². The van der Waals surface area contributed by atoms with Crippen LogP contribution in [-0.4, -0.2) is 48.2 Å². The molecule has 108 valence electrons. The number of rotatable bonds is 2. The second-order valence-corrected chi connectivity index (χ2v) is 5.39. The Morgan fingerprint density at radius 2 is 1.74 bits per heavy atom. The lowest BCUT2D eigenvalue weighted by Gasteiger charge is -2.37. The summed E-state index contributed by atoms with van der Waals surface area (Å²) in [5.74, 6) is 0.0823. The summed E-state index contributed by atoms with van der Waals surface area (Å²) in [6.07, 6.45) is 5.48. The van der Waals surface area contributed by atoms with E-state index in [1.807, 2.05) is 0 Å². The van der Waals surface area contributed by atoms with Crippen LogP contribution in [0.25, 0.3) is 0 Å². The first kappa shape index (κ1) is 14.1. The van der Waals surface area contributed by atoms with Gasteiger partial charge in [0, 0.05) is 13.1 Å². The minimum atomic E-state index is -0.803. The highest BCUT2D eigenvalue weighted by Gasteiger charge is 2.45. The Hall–Kier alpha value is -1.30. The molecule has 0 atom stereocenters. The number of nitrogens with zero attached hydrogens (tertiary/aromatic N) is 2. The van der Waals surface area contributed by atoms with Gasteiger partial charge < -0.3 is 20.6 Å². The average Bonchev–Trinajstić information content (AvgIpc) is 2.73. The highest BCUT2D eigenvalue weighted by atomic mass is 16.5. The second-order valence-electron chi connectivity index (χ2n) is 5.39. The molecule has 2 aliphatic rings. The third kappa shape index (κ3) is 2.83. The molecular formula is C13H23N3O3. The number of oxime groups is 1. The van der Waals surface area contributed by atoms with Crippen LogP contribution in [-0.2, 0) is 9.53 Å². The van der Waals surface area contributed by atoms with Crippen molar-refractivity contribution in [2.24, 2.45) is 16.3 Å². The normalized spacial score (nSPS) is 24.8. The van der Waals surface area contributed by atoms with Crippen molar-refractivity contribution in [3.63, 3.8) is 0 Å². The van der Waals surface area contributed by atoms with Crippen LogP contribution >= 0.6 is 0 Å². The number of ether oxygens (including phenoxy) is 1. The van der Waals surface area contributed by atoms with Crippen molar-refractivity contribution in [1.29, 1.82) is 0 Å². The number of hydrogen-bond donors (Lipinski definition) is 2. The molecule has 2 rings (SSSR count). The van der Waals surface area contributed by atoms with E-state index in [0.29, 0.717) is 39.1 Å². The van der Waals surface area contributed by atoms with E-state index in [9.17, 15) is 4.79 Å². The number of amidine groups is 1. The van der Waals surface area contributed by atoms with Crippen LogP contribution in [0.2, 0.25) is 0 Å². The summed E-state index contributed by atoms with van der Waals surface area (Å²) in [6.45, 7) is 2.33. The lowest BCUT2D eigenvalue weighted by atomic mass is 9.77. The Balaban J connectivity index is 2.22. The highest BCUT2D eigenvalue weighted by molar-refractivity contribution is 6.06. The van der Waals surface area contributed by atoms with Crippen LogP contribution in [0.3, 0.4) is 0 Å². The monoisotopic (exact) mass is 269 g/mol. The number of carbonyl (C=O) groups excluding carboxylic acids is 1. The van der Waals surface area contributed by atoms with Crippen molar-refractivity contribution in [2.75, 3.05) is 26.3 Å². The molecule has 0 radical (unpaired) electrons. The summed E-state index contributed by atoms with van der Waals surface area (Å²) in [5, 5.41) is 12.2. The van der Waals surface area contributed by atoms with Crippen LogP contribution in [0.15, 0.2) is 5.16 Å². The minimum Gasteiger partial charge on any atom is -0.409 e. The van der Waals surface area contributed by atoms with Gasteiger partial charge in [0.2, 0.25) is 5.91 Å². The molecule has 0 bridgehead atoms. The quantitative estimate of drug-likeness (QED) is 0.257. The maximum absolute atomic E-state index is 12.8. The third-order valence-electron chi connectivity index (χ3n) is 4.26. The molecule has 0 unspecified atom stereocenters. The van der Waals surface area contributed by atoms with Crippen LogP contribution in [0.5, 0.6) is 0 Å². The average molecular weight is 269 g/mol. The van der Waals surface area contributed by atoms with Gasteiger partial charge in [-0.15, -0.1) is 0 Å². The van der Waals surface area contributed by atoms with Crippen LogP contribution in [0.4, 0.5) is 0 Å². The molecule has 6 nitrogen and oxygen atoms in total. The number of amides is 1. The van der Waals surface area contributed by atoms with E-state index in [1.54, 1.807) is 4.90 Å². The molecule has 1 saturated carbocycles. The summed E-state index contributed by atoms with van der Waals surface area (Å²) in [4.78, 5) is 14.6. The Morgan fingerprint density at radius 3 is 2.26 bits per heavy atom. The molecule has 3 N–H and O–H groups in total. The maximum Gasteiger partial charge on any atom is 0.236 e. The van der Waals surface area contributed by atoms with E-state index in [-0.39, 0.29) is 11.7 Å². The van der Waals surface area contributed by atoms with Crippen molar-refractivity contribution >= 4 is 11.7 Å². The van der Waals surface area contributed by atoms with E-state index in [4.69, 9.17) is 15.7 Å². The summed E-state index contributed by atoms with van der Waals surface area (Å²) >= 11 is 0. The Kier molecular flexibility index (Phi) is 4.63. The van der Waals surface area contributed by atoms with Crippen LogP contribution in [0, 0.1) is 5.41 Å². The third-order valence-corrected chi connectivity index (χ3v) is 4.26. The van der Waals surface area contributed by atoms with E-state index in [1.165, 1.54) is 0 Å². The van der Waals surface area contributed by atoms with Crippen LogP contribution < -0.4 is 5.73 Å². The minimum absolute atomic E-state index is 0.00741. The number of morpholine rings is 1. The van der Waals surface area contributed by atoms with Gasteiger partial charge in [-0.05, 0) is 12.8 Å². The molecule has 2 fully saturated rings. The lowest BCUT2D eigenvalue weighted by Crippen LogP contribution is -2.54. The molecule has 0 spiro atoms. The zero-order chi connectivity index (χ0) is 13.7. The number of carbonyl (C=O) groups is 1. The van der Waals surface area contributed by atoms with Gasteiger partial charge >= 0.3 is 0 Å². The molecule has 19 heavy (non-hydrogen) atoms. The van der Waals surface area contributed by atoms with Gasteiger partial charge in [0.15, 0.2) is 5.84 Å². The molecule has 1 heterocycles. The maximum atomic E-state index is 12.8. The highest BCUT2D eigenvalue weighted by Crippen LogP contribution is 2.37. The van der Waals surface area contributed by atoms with E-state index >= 15 is 0 Å².